The highest BCUT2D eigenvalue weighted by Crippen LogP contribution is 2.38. The number of allylic oxidation sites excluding steroid dienone is 1. The molecule has 6 N–H and O–H groups in total. The number of nitrogens with zero attached hydrogens (tertiary/aromatic N) is 4. The predicted molar refractivity (Wildman–Crippen MR) is 202 cm³/mol. The lowest BCUT2D eigenvalue weighted by Crippen LogP contribution is -2.47. The van der Waals surface area contributed by atoms with E-state index in [9.17, 15) is 19.0 Å². The largest absolute Gasteiger partial charge is 0.507 e. The van der Waals surface area contributed by atoms with Gasteiger partial charge in [-0.05, 0) is 86.6 Å². The first kappa shape index (κ1) is 45.7. The van der Waals surface area contributed by atoms with Gasteiger partial charge in [-0.25, -0.2) is 8.78 Å². The molecule has 0 saturated carbocycles. The molecule has 0 bridgehead atoms. The molecule has 2 saturated heterocycles. The van der Waals surface area contributed by atoms with E-state index in [-0.39, 0.29) is 36.4 Å². The van der Waals surface area contributed by atoms with Gasteiger partial charge in [0, 0.05) is 61.4 Å². The van der Waals surface area contributed by atoms with Crippen molar-refractivity contribution < 1.29 is 19.0 Å². The number of nitrogen functional groups attached to an aromatic ring is 1. The fourth-order valence-corrected chi connectivity index (χ4v) is 5.51. The Balaban J connectivity index is 0.000000804. The Kier molecular flexibility index (Phi) is 21.2. The van der Waals surface area contributed by atoms with E-state index < -0.39 is 17.4 Å². The fourth-order valence-electron chi connectivity index (χ4n) is 5.51. The van der Waals surface area contributed by atoms with Crippen molar-refractivity contribution in [3.63, 3.8) is 0 Å². The Morgan fingerprint density at radius 1 is 0.940 bits per heavy atom. The zero-order chi connectivity index (χ0) is 38.5. The van der Waals surface area contributed by atoms with Crippen LogP contribution in [0, 0.1) is 50.1 Å². The summed E-state index contributed by atoms with van der Waals surface area (Å²) in [5, 5.41) is 49.4. The molecule has 2 aliphatic heterocycles. The van der Waals surface area contributed by atoms with Gasteiger partial charge in [-0.15, -0.1) is 0 Å². The first-order chi connectivity index (χ1) is 23.7. The summed E-state index contributed by atoms with van der Waals surface area (Å²) in [6, 6.07) is 12.4. The summed E-state index contributed by atoms with van der Waals surface area (Å²) in [4.78, 5) is 4.19. The number of anilines is 1. The number of halogens is 2. The van der Waals surface area contributed by atoms with Crippen LogP contribution >= 0.6 is 0 Å². The van der Waals surface area contributed by atoms with Crippen molar-refractivity contribution >= 4 is 23.7 Å². The SMILES string of the molecule is C=C(C)c1cc(F)c(CN2CCC(C)(CC#N)C(F)C2)cc1O.CC.CC.CC1(CC#N)CCN(Cc2ccc(N)c(O)c2)CC1.N=CC=N. The van der Waals surface area contributed by atoms with Gasteiger partial charge in [-0.1, -0.05) is 54.2 Å². The highest BCUT2D eigenvalue weighted by molar-refractivity contribution is 6.12. The minimum atomic E-state index is -1.12. The lowest BCUT2D eigenvalue weighted by Gasteiger charge is -2.41. The molecule has 50 heavy (non-hydrogen) atoms. The smallest absolute Gasteiger partial charge is 0.138 e. The van der Waals surface area contributed by atoms with Crippen molar-refractivity contribution in [2.45, 2.75) is 99.8 Å². The van der Waals surface area contributed by atoms with E-state index in [1.807, 2.05) is 44.7 Å². The lowest BCUT2D eigenvalue weighted by atomic mass is 9.76. The highest BCUT2D eigenvalue weighted by Gasteiger charge is 2.39. The summed E-state index contributed by atoms with van der Waals surface area (Å²) >= 11 is 0. The molecule has 9 nitrogen and oxygen atoms in total. The zero-order valence-corrected chi connectivity index (χ0v) is 31.1. The monoisotopic (exact) mass is 695 g/mol. The van der Waals surface area contributed by atoms with Crippen LogP contribution in [-0.2, 0) is 13.1 Å². The molecule has 0 radical (unpaired) electrons. The van der Waals surface area contributed by atoms with Crippen LogP contribution in [0.25, 0.3) is 5.57 Å². The number of aromatic hydroxyl groups is 2. The summed E-state index contributed by atoms with van der Waals surface area (Å²) in [6.07, 6.45) is 4.21. The van der Waals surface area contributed by atoms with Gasteiger partial charge in [0.05, 0.1) is 17.8 Å². The number of likely N-dealkylation sites (tertiary alicyclic amines) is 2. The normalized spacial score (nSPS) is 19.4. The first-order valence-corrected chi connectivity index (χ1v) is 17.3. The number of hydrogen-bond donors (Lipinski definition) is 5. The lowest BCUT2D eigenvalue weighted by molar-refractivity contribution is 0.0182. The van der Waals surface area contributed by atoms with Crippen LogP contribution in [0.5, 0.6) is 11.5 Å². The molecule has 11 heteroatoms. The molecule has 2 fully saturated rings. The van der Waals surface area contributed by atoms with Crippen LogP contribution in [0.2, 0.25) is 0 Å². The Hall–Kier alpha value is -4.32. The third-order valence-corrected chi connectivity index (χ3v) is 8.83. The van der Waals surface area contributed by atoms with Gasteiger partial charge >= 0.3 is 0 Å². The minimum absolute atomic E-state index is 0.0166. The van der Waals surface area contributed by atoms with Gasteiger partial charge in [-0.3, -0.25) is 9.80 Å². The first-order valence-electron chi connectivity index (χ1n) is 17.3. The molecule has 2 unspecified atom stereocenters. The average Bonchev–Trinajstić information content (AvgIpc) is 3.09. The summed E-state index contributed by atoms with van der Waals surface area (Å²) in [5.74, 6) is -0.289. The predicted octanol–water partition coefficient (Wildman–Crippen LogP) is 8.86. The van der Waals surface area contributed by atoms with Crippen LogP contribution in [0.1, 0.15) is 97.3 Å². The number of nitriles is 2. The molecule has 0 aromatic heterocycles. The quantitative estimate of drug-likeness (QED) is 0.104. The van der Waals surface area contributed by atoms with E-state index in [0.29, 0.717) is 41.8 Å². The van der Waals surface area contributed by atoms with Crippen LogP contribution in [-0.4, -0.2) is 64.8 Å². The van der Waals surface area contributed by atoms with E-state index in [1.165, 1.54) is 12.1 Å². The van der Waals surface area contributed by atoms with Crippen LogP contribution in [0.3, 0.4) is 0 Å². The number of nitrogens with two attached hydrogens (primary N) is 1. The van der Waals surface area contributed by atoms with E-state index in [2.05, 4.69) is 24.5 Å². The second kappa shape index (κ2) is 23.2. The Bertz CT molecular complexity index is 1440. The number of rotatable bonds is 8. The molecule has 2 aliphatic rings. The fraction of sp³-hybridized carbons (Fsp3) is 0.538. The molecular weight excluding hydrogens is 636 g/mol. The second-order valence-electron chi connectivity index (χ2n) is 12.8. The van der Waals surface area contributed by atoms with Gasteiger partial charge in [0.2, 0.25) is 0 Å². The van der Waals surface area contributed by atoms with Gasteiger partial charge in [-0.2, -0.15) is 10.5 Å². The topological polar surface area (TPSA) is 168 Å². The average molecular weight is 696 g/mol. The van der Waals surface area contributed by atoms with E-state index in [0.717, 1.165) is 50.5 Å². The van der Waals surface area contributed by atoms with E-state index in [4.69, 9.17) is 27.1 Å². The van der Waals surface area contributed by atoms with Crippen molar-refractivity contribution in [1.29, 1.82) is 21.3 Å². The molecule has 0 amide bonds. The molecule has 2 heterocycles. The third-order valence-electron chi connectivity index (χ3n) is 8.83. The number of phenols is 2. The van der Waals surface area contributed by atoms with Gasteiger partial charge in [0.25, 0.3) is 0 Å². The Labute approximate surface area is 299 Å². The van der Waals surface area contributed by atoms with Crippen LogP contribution in [0.4, 0.5) is 14.5 Å². The van der Waals surface area contributed by atoms with Crippen molar-refractivity contribution in [1.82, 2.24) is 9.80 Å². The number of hydrogen-bond acceptors (Lipinski definition) is 9. The van der Waals surface area contributed by atoms with E-state index >= 15 is 0 Å². The molecule has 0 spiro atoms. The van der Waals surface area contributed by atoms with Crippen molar-refractivity contribution in [3.8, 4) is 23.6 Å². The Morgan fingerprint density at radius 3 is 1.98 bits per heavy atom. The van der Waals surface area contributed by atoms with Crippen molar-refractivity contribution in [2.24, 2.45) is 10.8 Å². The standard InChI is InChI=1S/C18H22F2N2O.C15H21N3O.C2H4N2.2C2H6/c1-12(2)14-9-15(19)13(8-16(14)23)10-22-7-5-18(3,4-6-21)17(20)11-22;1-15(4-7-16)5-8-18(9-6-15)11-12-2-3-13(17)14(19)10-12;3-1-2-4;2*1-2/h8-9,17,23H,1,4-5,7,10-11H2,2-3H3;2-3,10,19H,4-6,8-9,11,17H2,1H3;1-4H;2*1-2H3. The number of piperidine rings is 2. The maximum Gasteiger partial charge on any atom is 0.138 e. The number of nitrogens with one attached hydrogen (secondary N) is 2. The maximum atomic E-state index is 14.4. The highest BCUT2D eigenvalue weighted by atomic mass is 19.1. The summed E-state index contributed by atoms with van der Waals surface area (Å²) in [7, 11) is 0. The molecular formula is C39H59F2N7O2. The third kappa shape index (κ3) is 14.7. The summed E-state index contributed by atoms with van der Waals surface area (Å²) < 4.78 is 28.6. The summed E-state index contributed by atoms with van der Waals surface area (Å²) in [5.41, 5.74) is 7.95. The molecule has 0 aliphatic carbocycles. The van der Waals surface area contributed by atoms with Gasteiger partial charge < -0.3 is 26.8 Å². The molecule has 2 aromatic carbocycles. The molecule has 276 valence electrons. The Morgan fingerprint density at radius 2 is 1.50 bits per heavy atom. The zero-order valence-electron chi connectivity index (χ0n) is 31.1. The van der Waals surface area contributed by atoms with Crippen molar-refractivity contribution in [3.05, 3.63) is 59.4 Å². The van der Waals surface area contributed by atoms with Gasteiger partial charge in [0.15, 0.2) is 0 Å². The number of benzene rings is 2. The minimum Gasteiger partial charge on any atom is -0.507 e. The van der Waals surface area contributed by atoms with Gasteiger partial charge in [0.1, 0.15) is 23.5 Å². The number of alkyl halides is 1. The summed E-state index contributed by atoms with van der Waals surface area (Å²) in [6.45, 7) is 21.2. The van der Waals surface area contributed by atoms with E-state index in [1.54, 1.807) is 26.0 Å². The van der Waals surface area contributed by atoms with Crippen molar-refractivity contribution in [2.75, 3.05) is 31.9 Å². The van der Waals surface area contributed by atoms with Crippen LogP contribution in [0.15, 0.2) is 36.9 Å². The molecule has 2 atom stereocenters. The molecule has 2 aromatic rings. The molecule has 4 rings (SSSR count). The second-order valence-corrected chi connectivity index (χ2v) is 12.8. The maximum absolute atomic E-state index is 14.4. The number of phenolic OH excluding ortho intramolecular Hbond substituents is 2. The van der Waals surface area contributed by atoms with Crippen LogP contribution < -0.4 is 5.73 Å².